The molecule has 94 valence electrons. The standard InChI is InChI=1S/C12H12N2O3S/c13-11(16)12(5-17-6-12)7-1-2-9-8(3-7)14-10(15)4-18-9/h1-3H,4-6H2,(H2,13,16)(H,14,15). The summed E-state index contributed by atoms with van der Waals surface area (Å²) in [5, 5.41) is 2.81. The van der Waals surface area contributed by atoms with Gasteiger partial charge >= 0.3 is 0 Å². The van der Waals surface area contributed by atoms with Crippen LogP contribution in [0.1, 0.15) is 5.56 Å². The summed E-state index contributed by atoms with van der Waals surface area (Å²) in [5.74, 6) is 0.0160. The number of amides is 2. The number of benzene rings is 1. The summed E-state index contributed by atoms with van der Waals surface area (Å²) in [4.78, 5) is 24.0. The molecule has 0 bridgehead atoms. The van der Waals surface area contributed by atoms with Crippen LogP contribution in [0.3, 0.4) is 0 Å². The van der Waals surface area contributed by atoms with Crippen molar-refractivity contribution in [2.24, 2.45) is 5.73 Å². The third-order valence-corrected chi connectivity index (χ3v) is 4.41. The summed E-state index contributed by atoms with van der Waals surface area (Å²) in [6.45, 7) is 0.615. The summed E-state index contributed by atoms with van der Waals surface area (Å²) in [5.41, 5.74) is 6.28. The second-order valence-corrected chi connectivity index (χ2v) is 5.50. The summed E-state index contributed by atoms with van der Waals surface area (Å²) in [6.07, 6.45) is 0. The van der Waals surface area contributed by atoms with Crippen molar-refractivity contribution >= 4 is 29.3 Å². The molecule has 1 saturated heterocycles. The molecule has 0 radical (unpaired) electrons. The number of primary amides is 1. The molecule has 1 aromatic carbocycles. The Morgan fingerprint density at radius 2 is 2.22 bits per heavy atom. The fourth-order valence-electron chi connectivity index (χ4n) is 2.14. The molecule has 6 heteroatoms. The molecule has 2 amide bonds. The van der Waals surface area contributed by atoms with Crippen molar-refractivity contribution in [1.82, 2.24) is 0 Å². The van der Waals surface area contributed by atoms with Crippen LogP contribution in [0.2, 0.25) is 0 Å². The minimum absolute atomic E-state index is 0.0253. The molecule has 1 aromatic rings. The third kappa shape index (κ3) is 1.60. The minimum atomic E-state index is -0.734. The zero-order chi connectivity index (χ0) is 12.8. The maximum absolute atomic E-state index is 11.6. The topological polar surface area (TPSA) is 81.4 Å². The Bertz CT molecular complexity index is 540. The summed E-state index contributed by atoms with van der Waals surface area (Å²) in [7, 11) is 0. The molecule has 2 heterocycles. The van der Waals surface area contributed by atoms with Crippen LogP contribution in [0, 0.1) is 0 Å². The van der Waals surface area contributed by atoms with Crippen LogP contribution in [0.5, 0.6) is 0 Å². The first-order valence-corrected chi connectivity index (χ1v) is 6.55. The third-order valence-electron chi connectivity index (χ3n) is 3.33. The number of nitrogens with two attached hydrogens (primary N) is 1. The maximum atomic E-state index is 11.6. The van der Waals surface area contributed by atoms with Crippen molar-refractivity contribution in [2.75, 3.05) is 24.3 Å². The smallest absolute Gasteiger partial charge is 0.234 e. The molecule has 0 unspecified atom stereocenters. The lowest BCUT2D eigenvalue weighted by Gasteiger charge is -2.39. The van der Waals surface area contributed by atoms with Crippen molar-refractivity contribution in [3.63, 3.8) is 0 Å². The fourth-order valence-corrected chi connectivity index (χ4v) is 2.93. The van der Waals surface area contributed by atoms with Crippen LogP contribution in [0.15, 0.2) is 23.1 Å². The zero-order valence-corrected chi connectivity index (χ0v) is 10.4. The molecule has 2 aliphatic heterocycles. The van der Waals surface area contributed by atoms with Crippen molar-refractivity contribution in [3.05, 3.63) is 23.8 Å². The maximum Gasteiger partial charge on any atom is 0.234 e. The van der Waals surface area contributed by atoms with Crippen LogP contribution in [-0.2, 0) is 19.7 Å². The highest BCUT2D eigenvalue weighted by Gasteiger charge is 2.46. The summed E-state index contributed by atoms with van der Waals surface area (Å²) in [6, 6.07) is 5.63. The quantitative estimate of drug-likeness (QED) is 0.814. The first kappa shape index (κ1) is 11.6. The molecule has 0 aromatic heterocycles. The minimum Gasteiger partial charge on any atom is -0.378 e. The molecule has 18 heavy (non-hydrogen) atoms. The number of carbonyl (C=O) groups excluding carboxylic acids is 2. The van der Waals surface area contributed by atoms with E-state index in [1.807, 2.05) is 18.2 Å². The van der Waals surface area contributed by atoms with Crippen LogP contribution in [0.25, 0.3) is 0 Å². The number of nitrogens with one attached hydrogen (secondary N) is 1. The normalized spacial score (nSPS) is 20.6. The van der Waals surface area contributed by atoms with Gasteiger partial charge in [0.1, 0.15) is 5.41 Å². The van der Waals surface area contributed by atoms with Gasteiger partial charge in [0.05, 0.1) is 24.7 Å². The Morgan fingerprint density at radius 3 is 2.83 bits per heavy atom. The largest absolute Gasteiger partial charge is 0.378 e. The molecule has 3 rings (SSSR count). The van der Waals surface area contributed by atoms with Crippen molar-refractivity contribution < 1.29 is 14.3 Å². The molecule has 1 fully saturated rings. The molecular weight excluding hydrogens is 252 g/mol. The number of hydrogen-bond donors (Lipinski definition) is 2. The Morgan fingerprint density at radius 1 is 1.44 bits per heavy atom. The SMILES string of the molecule is NC(=O)C1(c2ccc3c(c2)NC(=O)CS3)COC1. The van der Waals surface area contributed by atoms with Gasteiger partial charge in [-0.3, -0.25) is 9.59 Å². The second kappa shape index (κ2) is 4.00. The second-order valence-electron chi connectivity index (χ2n) is 4.49. The van der Waals surface area contributed by atoms with Crippen LogP contribution in [-0.4, -0.2) is 30.8 Å². The predicted octanol–water partition coefficient (Wildman–Crippen LogP) is 0.484. The van der Waals surface area contributed by atoms with Gasteiger partial charge in [-0.25, -0.2) is 0 Å². The van der Waals surface area contributed by atoms with Crippen molar-refractivity contribution in [3.8, 4) is 0 Å². The Labute approximate surface area is 108 Å². The number of carbonyl (C=O) groups is 2. The van der Waals surface area contributed by atoms with Crippen LogP contribution < -0.4 is 11.1 Å². The van der Waals surface area contributed by atoms with E-state index in [2.05, 4.69) is 5.32 Å². The van der Waals surface area contributed by atoms with Crippen molar-refractivity contribution in [2.45, 2.75) is 10.3 Å². The van der Waals surface area contributed by atoms with Gasteiger partial charge in [0.15, 0.2) is 0 Å². The molecule has 3 N–H and O–H groups in total. The molecule has 5 nitrogen and oxygen atoms in total. The number of rotatable bonds is 2. The van der Waals surface area contributed by atoms with Gasteiger partial charge in [-0.1, -0.05) is 6.07 Å². The van der Waals surface area contributed by atoms with Crippen molar-refractivity contribution in [1.29, 1.82) is 0 Å². The van der Waals surface area contributed by atoms with Gasteiger partial charge in [-0.05, 0) is 17.7 Å². The zero-order valence-electron chi connectivity index (χ0n) is 9.56. The molecule has 2 aliphatic rings. The van der Waals surface area contributed by atoms with E-state index in [9.17, 15) is 9.59 Å². The Kier molecular flexibility index (Phi) is 2.57. The molecule has 0 saturated carbocycles. The Balaban J connectivity index is 2.01. The molecule has 0 atom stereocenters. The van der Waals surface area contributed by atoms with E-state index in [0.29, 0.717) is 19.0 Å². The summed E-state index contributed by atoms with van der Waals surface area (Å²) < 4.78 is 5.13. The molecule has 0 spiro atoms. The van der Waals surface area contributed by atoms with Crippen LogP contribution in [0.4, 0.5) is 5.69 Å². The highest BCUT2D eigenvalue weighted by Crippen LogP contribution is 2.38. The predicted molar refractivity (Wildman–Crippen MR) is 67.5 cm³/mol. The average Bonchev–Trinajstić information content (AvgIpc) is 2.26. The van der Waals surface area contributed by atoms with Gasteiger partial charge < -0.3 is 15.8 Å². The lowest BCUT2D eigenvalue weighted by molar-refractivity contribution is -0.141. The molecule has 0 aliphatic carbocycles. The highest BCUT2D eigenvalue weighted by atomic mass is 32.2. The lowest BCUT2D eigenvalue weighted by Crippen LogP contribution is -2.56. The van der Waals surface area contributed by atoms with E-state index in [4.69, 9.17) is 10.5 Å². The van der Waals surface area contributed by atoms with E-state index in [-0.39, 0.29) is 11.8 Å². The van der Waals surface area contributed by atoms with E-state index in [1.165, 1.54) is 11.8 Å². The lowest BCUT2D eigenvalue weighted by atomic mass is 9.78. The van der Waals surface area contributed by atoms with Gasteiger partial charge in [0, 0.05) is 4.90 Å². The van der Waals surface area contributed by atoms with Crippen LogP contribution >= 0.6 is 11.8 Å². The van der Waals surface area contributed by atoms with Gasteiger partial charge in [0.25, 0.3) is 0 Å². The first-order valence-electron chi connectivity index (χ1n) is 5.57. The average molecular weight is 264 g/mol. The Hall–Kier alpha value is -1.53. The number of anilines is 1. The van der Waals surface area contributed by atoms with E-state index in [0.717, 1.165) is 16.1 Å². The monoisotopic (exact) mass is 264 g/mol. The first-order chi connectivity index (χ1) is 8.62. The van der Waals surface area contributed by atoms with E-state index < -0.39 is 5.41 Å². The van der Waals surface area contributed by atoms with Gasteiger partial charge in [0.2, 0.25) is 11.8 Å². The number of thioether (sulfide) groups is 1. The number of ether oxygens (including phenoxy) is 1. The van der Waals surface area contributed by atoms with Gasteiger partial charge in [-0.15, -0.1) is 11.8 Å². The van der Waals surface area contributed by atoms with E-state index >= 15 is 0 Å². The highest BCUT2D eigenvalue weighted by molar-refractivity contribution is 8.00. The van der Waals surface area contributed by atoms with E-state index in [1.54, 1.807) is 0 Å². The molecular formula is C12H12N2O3S. The van der Waals surface area contributed by atoms with Gasteiger partial charge in [-0.2, -0.15) is 0 Å². The summed E-state index contributed by atoms with van der Waals surface area (Å²) >= 11 is 1.49. The number of fused-ring (bicyclic) bond motifs is 1. The number of hydrogen-bond acceptors (Lipinski definition) is 4. The fraction of sp³-hybridized carbons (Fsp3) is 0.333.